The van der Waals surface area contributed by atoms with Crippen LogP contribution in [0.3, 0.4) is 0 Å². The van der Waals surface area contributed by atoms with Crippen LogP contribution >= 0.6 is 0 Å². The van der Waals surface area contributed by atoms with Gasteiger partial charge in [0.05, 0.1) is 0 Å². The molecular weight excluding hydrogens is 466 g/mol. The molecule has 0 atom stereocenters. The van der Waals surface area contributed by atoms with E-state index in [9.17, 15) is 9.59 Å². The fraction of sp³-hybridized carbons (Fsp3) is 0.0286. The van der Waals surface area contributed by atoms with Crippen LogP contribution in [0.4, 0.5) is 17.1 Å². The maximum absolute atomic E-state index is 12.6. The third-order valence-corrected chi connectivity index (χ3v) is 6.46. The van der Waals surface area contributed by atoms with Crippen LogP contribution in [0.2, 0.25) is 0 Å². The molecule has 0 N–H and O–H groups in total. The summed E-state index contributed by atoms with van der Waals surface area (Å²) < 4.78 is 0. The van der Waals surface area contributed by atoms with E-state index in [0.717, 1.165) is 22.6 Å². The average Bonchev–Trinajstić information content (AvgIpc) is 2.98. The van der Waals surface area contributed by atoms with Gasteiger partial charge in [-0.3, -0.25) is 9.59 Å². The lowest BCUT2D eigenvalue weighted by atomic mass is 10.0. The molecule has 0 aliphatic rings. The summed E-state index contributed by atoms with van der Waals surface area (Å²) in [5.74, 6) is -0.198. The number of rotatable bonds is 8. The van der Waals surface area contributed by atoms with E-state index in [1.807, 2.05) is 30.3 Å². The van der Waals surface area contributed by atoms with Crippen molar-refractivity contribution in [2.75, 3.05) is 4.90 Å². The molecule has 0 aromatic heterocycles. The third kappa shape index (κ3) is 5.53. The van der Waals surface area contributed by atoms with E-state index in [1.165, 1.54) is 22.8 Å². The Bertz CT molecular complexity index is 1570. The Balaban J connectivity index is 1.43. The van der Waals surface area contributed by atoms with Crippen LogP contribution in [0, 0.1) is 6.92 Å². The minimum Gasteiger partial charge on any atom is -0.311 e. The van der Waals surface area contributed by atoms with Gasteiger partial charge in [-0.25, -0.2) is 0 Å². The number of ketones is 1. The Morgan fingerprint density at radius 1 is 0.605 bits per heavy atom. The molecule has 0 radical (unpaired) electrons. The van der Waals surface area contributed by atoms with Crippen molar-refractivity contribution >= 4 is 35.2 Å². The van der Waals surface area contributed by atoms with Crippen LogP contribution in [0.25, 0.3) is 17.2 Å². The predicted molar refractivity (Wildman–Crippen MR) is 156 cm³/mol. The van der Waals surface area contributed by atoms with E-state index in [0.29, 0.717) is 17.4 Å². The Labute approximate surface area is 223 Å². The smallest absolute Gasteiger partial charge is 0.186 e. The van der Waals surface area contributed by atoms with Gasteiger partial charge in [-0.2, -0.15) is 0 Å². The minimum atomic E-state index is -0.198. The number of hydrogen-bond acceptors (Lipinski definition) is 3. The number of allylic oxidation sites excluding steroid dienone is 1. The average molecular weight is 494 g/mol. The molecule has 3 nitrogen and oxygen atoms in total. The topological polar surface area (TPSA) is 37.4 Å². The second-order valence-corrected chi connectivity index (χ2v) is 9.08. The van der Waals surface area contributed by atoms with Crippen molar-refractivity contribution < 1.29 is 9.59 Å². The van der Waals surface area contributed by atoms with Gasteiger partial charge in [0.15, 0.2) is 12.1 Å². The van der Waals surface area contributed by atoms with E-state index in [2.05, 4.69) is 84.6 Å². The van der Waals surface area contributed by atoms with Gasteiger partial charge < -0.3 is 4.90 Å². The van der Waals surface area contributed by atoms with E-state index >= 15 is 0 Å². The summed E-state index contributed by atoms with van der Waals surface area (Å²) in [5.41, 5.74) is 8.37. The fourth-order valence-corrected chi connectivity index (χ4v) is 4.39. The highest BCUT2D eigenvalue weighted by atomic mass is 16.1. The lowest BCUT2D eigenvalue weighted by Gasteiger charge is -2.26. The molecule has 0 unspecified atom stereocenters. The lowest BCUT2D eigenvalue weighted by Crippen LogP contribution is -2.09. The Hall–Kier alpha value is -5.02. The first kappa shape index (κ1) is 24.7. The highest BCUT2D eigenvalue weighted by Crippen LogP contribution is 2.36. The Kier molecular flexibility index (Phi) is 7.37. The molecule has 184 valence electrons. The summed E-state index contributed by atoms with van der Waals surface area (Å²) in [6.07, 6.45) is 4.00. The van der Waals surface area contributed by atoms with Crippen molar-refractivity contribution in [3.63, 3.8) is 0 Å². The van der Waals surface area contributed by atoms with Crippen molar-refractivity contribution in [3.8, 4) is 11.1 Å². The normalized spacial score (nSPS) is 10.9. The third-order valence-electron chi connectivity index (χ3n) is 6.46. The number of aryl methyl sites for hydroxylation is 1. The van der Waals surface area contributed by atoms with Crippen LogP contribution in [-0.4, -0.2) is 12.1 Å². The maximum atomic E-state index is 12.6. The van der Waals surface area contributed by atoms with Crippen LogP contribution in [-0.2, 0) is 0 Å². The quantitative estimate of drug-likeness (QED) is 0.123. The molecule has 0 saturated carbocycles. The summed E-state index contributed by atoms with van der Waals surface area (Å²) in [7, 11) is 0. The zero-order chi connectivity index (χ0) is 26.3. The molecule has 0 aliphatic carbocycles. The second kappa shape index (κ2) is 11.4. The largest absolute Gasteiger partial charge is 0.311 e. The van der Waals surface area contributed by atoms with Gasteiger partial charge in [-0.15, -0.1) is 0 Å². The standard InChI is InChI=1S/C35H27NO2/c1-26-11-18-31(19-12-26)36(33-22-16-29(17-23-33)28-7-3-2-4-8-28)32-20-13-27(14-21-32)15-24-35(38)34-10-6-5-9-30(34)25-37/h2-25H,1H3/b24-15+. The number of aldehydes is 1. The predicted octanol–water partition coefficient (Wildman–Crippen LogP) is 8.84. The summed E-state index contributed by atoms with van der Waals surface area (Å²) in [6.45, 7) is 2.08. The minimum absolute atomic E-state index is 0.198. The molecule has 0 saturated heterocycles. The van der Waals surface area contributed by atoms with Gasteiger partial charge in [0.25, 0.3) is 0 Å². The molecule has 0 spiro atoms. The molecule has 0 aliphatic heterocycles. The fourth-order valence-electron chi connectivity index (χ4n) is 4.39. The highest BCUT2D eigenvalue weighted by Gasteiger charge is 2.13. The molecule has 0 fully saturated rings. The monoisotopic (exact) mass is 493 g/mol. The van der Waals surface area contributed by atoms with Gasteiger partial charge >= 0.3 is 0 Å². The lowest BCUT2D eigenvalue weighted by molar-refractivity contribution is 0.103. The molecule has 5 aromatic carbocycles. The number of hydrogen-bond donors (Lipinski definition) is 0. The summed E-state index contributed by atoms with van der Waals surface area (Å²) in [4.78, 5) is 26.1. The zero-order valence-corrected chi connectivity index (χ0v) is 21.1. The molecule has 0 amide bonds. The van der Waals surface area contributed by atoms with Gasteiger partial charge in [0.2, 0.25) is 0 Å². The van der Waals surface area contributed by atoms with Gasteiger partial charge in [-0.1, -0.05) is 103 Å². The van der Waals surface area contributed by atoms with Gasteiger partial charge in [-0.05, 0) is 66.1 Å². The second-order valence-electron chi connectivity index (χ2n) is 9.08. The molecular formula is C35H27NO2. The summed E-state index contributed by atoms with van der Waals surface area (Å²) >= 11 is 0. The molecule has 3 heteroatoms. The van der Waals surface area contributed by atoms with Crippen LogP contribution < -0.4 is 4.90 Å². The van der Waals surface area contributed by atoms with E-state index < -0.39 is 0 Å². The van der Waals surface area contributed by atoms with E-state index in [-0.39, 0.29) is 5.78 Å². The molecule has 5 aromatic rings. The van der Waals surface area contributed by atoms with Gasteiger partial charge in [0.1, 0.15) is 0 Å². The SMILES string of the molecule is Cc1ccc(N(c2ccc(/C=C/C(=O)c3ccccc3C=O)cc2)c2ccc(-c3ccccc3)cc2)cc1. The number of carbonyl (C=O) groups excluding carboxylic acids is 2. The summed E-state index contributed by atoms with van der Waals surface area (Å²) in [6, 6.07) is 42.3. The number of anilines is 3. The van der Waals surface area contributed by atoms with Crippen LogP contribution in [0.1, 0.15) is 31.8 Å². The zero-order valence-electron chi connectivity index (χ0n) is 21.1. The first-order valence-electron chi connectivity index (χ1n) is 12.5. The van der Waals surface area contributed by atoms with E-state index in [4.69, 9.17) is 0 Å². The van der Waals surface area contributed by atoms with E-state index in [1.54, 1.807) is 30.3 Å². The maximum Gasteiger partial charge on any atom is 0.186 e. The highest BCUT2D eigenvalue weighted by molar-refractivity contribution is 6.10. The van der Waals surface area contributed by atoms with Crippen molar-refractivity contribution in [1.29, 1.82) is 0 Å². The Morgan fingerprint density at radius 3 is 1.76 bits per heavy atom. The molecule has 38 heavy (non-hydrogen) atoms. The van der Waals surface area contributed by atoms with Crippen molar-refractivity contribution in [3.05, 3.63) is 156 Å². The number of carbonyl (C=O) groups is 2. The molecule has 5 rings (SSSR count). The van der Waals surface area contributed by atoms with Gasteiger partial charge in [0, 0.05) is 28.2 Å². The molecule has 0 bridgehead atoms. The molecule has 0 heterocycles. The van der Waals surface area contributed by atoms with Crippen LogP contribution in [0.5, 0.6) is 0 Å². The van der Waals surface area contributed by atoms with Crippen molar-refractivity contribution in [1.82, 2.24) is 0 Å². The Morgan fingerprint density at radius 2 is 1.13 bits per heavy atom. The van der Waals surface area contributed by atoms with Crippen LogP contribution in [0.15, 0.2) is 133 Å². The van der Waals surface area contributed by atoms with Crippen molar-refractivity contribution in [2.24, 2.45) is 0 Å². The first-order valence-corrected chi connectivity index (χ1v) is 12.5. The van der Waals surface area contributed by atoms with Crippen molar-refractivity contribution in [2.45, 2.75) is 6.92 Å². The number of nitrogens with zero attached hydrogens (tertiary/aromatic N) is 1. The number of benzene rings is 5. The first-order chi connectivity index (χ1) is 18.6. The summed E-state index contributed by atoms with van der Waals surface area (Å²) in [5, 5.41) is 0.